The van der Waals surface area contributed by atoms with Crippen molar-refractivity contribution in [1.82, 2.24) is 9.80 Å². The molecule has 2 rings (SSSR count). The van der Waals surface area contributed by atoms with Gasteiger partial charge in [0.1, 0.15) is 0 Å². The van der Waals surface area contributed by atoms with E-state index in [0.29, 0.717) is 12.1 Å². The molecular weight excluding hydrogens is 164 g/mol. The SMILES string of the molecule is CC(C)N1CCN(CC2CO2)CC1. The van der Waals surface area contributed by atoms with Gasteiger partial charge in [-0.2, -0.15) is 0 Å². The summed E-state index contributed by atoms with van der Waals surface area (Å²) in [6.07, 6.45) is 0.561. The summed E-state index contributed by atoms with van der Waals surface area (Å²) in [5.41, 5.74) is 0. The molecule has 2 aliphatic rings. The van der Waals surface area contributed by atoms with Crippen LogP contribution in [-0.2, 0) is 4.74 Å². The van der Waals surface area contributed by atoms with Crippen LogP contribution < -0.4 is 0 Å². The Morgan fingerprint density at radius 1 is 1.23 bits per heavy atom. The summed E-state index contributed by atoms with van der Waals surface area (Å²) in [6, 6.07) is 0.708. The van der Waals surface area contributed by atoms with E-state index in [1.54, 1.807) is 0 Å². The maximum absolute atomic E-state index is 5.23. The van der Waals surface area contributed by atoms with Gasteiger partial charge >= 0.3 is 0 Å². The van der Waals surface area contributed by atoms with Crippen molar-refractivity contribution in [1.29, 1.82) is 0 Å². The zero-order chi connectivity index (χ0) is 9.26. The predicted molar refractivity (Wildman–Crippen MR) is 52.9 cm³/mol. The van der Waals surface area contributed by atoms with Crippen molar-refractivity contribution in [2.24, 2.45) is 0 Å². The molecule has 2 heterocycles. The van der Waals surface area contributed by atoms with Crippen LogP contribution in [0.3, 0.4) is 0 Å². The van der Waals surface area contributed by atoms with Gasteiger partial charge in [0.2, 0.25) is 0 Å². The third-order valence-corrected chi connectivity index (χ3v) is 3.00. The topological polar surface area (TPSA) is 19.0 Å². The third-order valence-electron chi connectivity index (χ3n) is 3.00. The van der Waals surface area contributed by atoms with Crippen molar-refractivity contribution in [3.63, 3.8) is 0 Å². The van der Waals surface area contributed by atoms with Crippen molar-refractivity contribution in [2.75, 3.05) is 39.3 Å². The van der Waals surface area contributed by atoms with Gasteiger partial charge in [-0.05, 0) is 13.8 Å². The molecule has 76 valence electrons. The van der Waals surface area contributed by atoms with Gasteiger partial charge in [-0.1, -0.05) is 0 Å². The molecule has 0 N–H and O–H groups in total. The summed E-state index contributed by atoms with van der Waals surface area (Å²) in [6.45, 7) is 11.6. The van der Waals surface area contributed by atoms with E-state index in [4.69, 9.17) is 4.74 Å². The van der Waals surface area contributed by atoms with Gasteiger partial charge in [-0.3, -0.25) is 9.80 Å². The Balaban J connectivity index is 1.69. The van der Waals surface area contributed by atoms with Crippen LogP contribution in [-0.4, -0.2) is 61.3 Å². The first-order valence-electron chi connectivity index (χ1n) is 5.33. The van der Waals surface area contributed by atoms with Crippen LogP contribution >= 0.6 is 0 Å². The van der Waals surface area contributed by atoms with E-state index in [2.05, 4.69) is 23.6 Å². The Bertz CT molecular complexity index is 160. The van der Waals surface area contributed by atoms with Crippen LogP contribution in [0.1, 0.15) is 13.8 Å². The highest BCUT2D eigenvalue weighted by molar-refractivity contribution is 4.79. The van der Waals surface area contributed by atoms with Gasteiger partial charge in [0.05, 0.1) is 12.7 Å². The summed E-state index contributed by atoms with van der Waals surface area (Å²) in [5.74, 6) is 0. The molecule has 0 aromatic rings. The van der Waals surface area contributed by atoms with E-state index in [1.165, 1.54) is 26.2 Å². The highest BCUT2D eigenvalue weighted by atomic mass is 16.6. The van der Waals surface area contributed by atoms with Crippen LogP contribution in [0.25, 0.3) is 0 Å². The summed E-state index contributed by atoms with van der Waals surface area (Å²) >= 11 is 0. The zero-order valence-corrected chi connectivity index (χ0v) is 8.70. The lowest BCUT2D eigenvalue weighted by atomic mass is 10.2. The van der Waals surface area contributed by atoms with Crippen LogP contribution in [0.5, 0.6) is 0 Å². The zero-order valence-electron chi connectivity index (χ0n) is 8.70. The van der Waals surface area contributed by atoms with E-state index in [-0.39, 0.29) is 0 Å². The molecule has 3 nitrogen and oxygen atoms in total. The molecule has 0 aliphatic carbocycles. The second-order valence-corrected chi connectivity index (χ2v) is 4.39. The minimum Gasteiger partial charge on any atom is -0.372 e. The lowest BCUT2D eigenvalue weighted by molar-refractivity contribution is 0.103. The van der Waals surface area contributed by atoms with Gasteiger partial charge in [-0.25, -0.2) is 0 Å². The molecule has 2 aliphatic heterocycles. The first-order valence-corrected chi connectivity index (χ1v) is 5.33. The molecule has 1 atom stereocenters. The first kappa shape index (κ1) is 9.44. The average Bonchev–Trinajstić information content (AvgIpc) is 2.89. The van der Waals surface area contributed by atoms with Crippen LogP contribution in [0.2, 0.25) is 0 Å². The monoisotopic (exact) mass is 184 g/mol. The molecule has 0 amide bonds. The molecule has 0 radical (unpaired) electrons. The minimum absolute atomic E-state index is 0.561. The highest BCUT2D eigenvalue weighted by Crippen LogP contribution is 2.13. The Morgan fingerprint density at radius 3 is 2.31 bits per heavy atom. The van der Waals surface area contributed by atoms with E-state index in [1.807, 2.05) is 0 Å². The normalized spacial score (nSPS) is 31.2. The van der Waals surface area contributed by atoms with E-state index in [0.717, 1.165) is 13.2 Å². The van der Waals surface area contributed by atoms with Crippen LogP contribution in [0.15, 0.2) is 0 Å². The Kier molecular flexibility index (Phi) is 2.86. The summed E-state index contributed by atoms with van der Waals surface area (Å²) in [4.78, 5) is 5.07. The molecular formula is C10H20N2O. The molecule has 0 aromatic heterocycles. The molecule has 0 spiro atoms. The molecule has 2 saturated heterocycles. The molecule has 0 aromatic carbocycles. The Labute approximate surface area is 80.6 Å². The fourth-order valence-electron chi connectivity index (χ4n) is 1.92. The van der Waals surface area contributed by atoms with Crippen molar-refractivity contribution >= 4 is 0 Å². The largest absolute Gasteiger partial charge is 0.372 e. The van der Waals surface area contributed by atoms with E-state index >= 15 is 0 Å². The Hall–Kier alpha value is -0.120. The fraction of sp³-hybridized carbons (Fsp3) is 1.00. The predicted octanol–water partition coefficient (Wildman–Crippen LogP) is 0.411. The molecule has 3 heteroatoms. The smallest absolute Gasteiger partial charge is 0.0936 e. The third kappa shape index (κ3) is 2.66. The van der Waals surface area contributed by atoms with Gasteiger partial charge in [0, 0.05) is 38.8 Å². The van der Waals surface area contributed by atoms with Gasteiger partial charge < -0.3 is 4.74 Å². The maximum atomic E-state index is 5.23. The number of ether oxygens (including phenoxy) is 1. The highest BCUT2D eigenvalue weighted by Gasteiger charge is 2.27. The van der Waals surface area contributed by atoms with Crippen LogP contribution in [0.4, 0.5) is 0 Å². The van der Waals surface area contributed by atoms with Crippen molar-refractivity contribution < 1.29 is 4.74 Å². The first-order chi connectivity index (χ1) is 6.25. The number of nitrogens with zero attached hydrogens (tertiary/aromatic N) is 2. The van der Waals surface area contributed by atoms with Crippen LogP contribution in [0, 0.1) is 0 Å². The molecule has 1 unspecified atom stereocenters. The molecule has 13 heavy (non-hydrogen) atoms. The van der Waals surface area contributed by atoms with Crippen molar-refractivity contribution in [2.45, 2.75) is 26.0 Å². The summed E-state index contributed by atoms with van der Waals surface area (Å²) in [5, 5.41) is 0. The fourth-order valence-corrected chi connectivity index (χ4v) is 1.92. The van der Waals surface area contributed by atoms with Gasteiger partial charge in [0.25, 0.3) is 0 Å². The summed E-state index contributed by atoms with van der Waals surface area (Å²) < 4.78 is 5.23. The number of rotatable bonds is 3. The average molecular weight is 184 g/mol. The maximum Gasteiger partial charge on any atom is 0.0936 e. The van der Waals surface area contributed by atoms with Crippen molar-refractivity contribution in [3.05, 3.63) is 0 Å². The minimum atomic E-state index is 0.561. The lowest BCUT2D eigenvalue weighted by Crippen LogP contribution is -2.49. The number of piperazine rings is 1. The van der Waals surface area contributed by atoms with Gasteiger partial charge in [-0.15, -0.1) is 0 Å². The number of hydrogen-bond acceptors (Lipinski definition) is 3. The van der Waals surface area contributed by atoms with E-state index < -0.39 is 0 Å². The van der Waals surface area contributed by atoms with E-state index in [9.17, 15) is 0 Å². The summed E-state index contributed by atoms with van der Waals surface area (Å²) in [7, 11) is 0. The van der Waals surface area contributed by atoms with Crippen molar-refractivity contribution in [3.8, 4) is 0 Å². The number of epoxide rings is 1. The second kappa shape index (κ2) is 3.95. The van der Waals surface area contributed by atoms with Gasteiger partial charge in [0.15, 0.2) is 0 Å². The standard InChI is InChI=1S/C10H20N2O/c1-9(2)12-5-3-11(4-6-12)7-10-8-13-10/h9-10H,3-8H2,1-2H3. The quantitative estimate of drug-likeness (QED) is 0.592. The molecule has 2 fully saturated rings. The number of hydrogen-bond donors (Lipinski definition) is 0. The lowest BCUT2D eigenvalue weighted by Gasteiger charge is -2.36. The molecule has 0 bridgehead atoms. The second-order valence-electron chi connectivity index (χ2n) is 4.39. The molecule has 0 saturated carbocycles. The Morgan fingerprint density at radius 2 is 1.85 bits per heavy atom.